The van der Waals surface area contributed by atoms with Crippen LogP contribution >= 0.6 is 0 Å². The van der Waals surface area contributed by atoms with E-state index in [-0.39, 0.29) is 5.91 Å². The van der Waals surface area contributed by atoms with Crippen LogP contribution in [0.5, 0.6) is 0 Å². The second-order valence-electron chi connectivity index (χ2n) is 5.72. The van der Waals surface area contributed by atoms with Crippen LogP contribution in [0, 0.1) is 16.7 Å². The van der Waals surface area contributed by atoms with E-state index in [2.05, 4.69) is 24.8 Å². The van der Waals surface area contributed by atoms with E-state index in [1.54, 1.807) is 0 Å². The van der Waals surface area contributed by atoms with Crippen molar-refractivity contribution in [3.63, 3.8) is 0 Å². The van der Waals surface area contributed by atoms with Crippen LogP contribution in [0.2, 0.25) is 0 Å². The molecule has 112 valence electrons. The average Bonchev–Trinajstić information content (AvgIpc) is 2.98. The van der Waals surface area contributed by atoms with Crippen LogP contribution in [0.25, 0.3) is 0 Å². The zero-order valence-electron chi connectivity index (χ0n) is 12.6. The van der Waals surface area contributed by atoms with Gasteiger partial charge in [-0.1, -0.05) is 13.8 Å². The summed E-state index contributed by atoms with van der Waals surface area (Å²) in [5.74, 6) is 0.0259. The monoisotopic (exact) mass is 279 g/mol. The van der Waals surface area contributed by atoms with Crippen molar-refractivity contribution >= 4 is 5.91 Å². The summed E-state index contributed by atoms with van der Waals surface area (Å²) in [4.78, 5) is 17.0. The predicted octanol–water partition coefficient (Wildman–Crippen LogP) is 1.25. The second-order valence-corrected chi connectivity index (χ2v) is 5.72. The molecule has 0 aromatic carbocycles. The Morgan fingerprint density at radius 2 is 2.05 bits per heavy atom. The molecule has 0 aromatic rings. The van der Waals surface area contributed by atoms with Gasteiger partial charge in [-0.3, -0.25) is 9.69 Å². The molecular formula is C15H25N3O2. The van der Waals surface area contributed by atoms with Gasteiger partial charge in [0.25, 0.3) is 0 Å². The Morgan fingerprint density at radius 1 is 1.40 bits per heavy atom. The summed E-state index contributed by atoms with van der Waals surface area (Å²) in [6, 6.07) is 2.73. The number of likely N-dealkylation sites (tertiary alicyclic amines) is 1. The first-order valence-corrected chi connectivity index (χ1v) is 7.69. The highest BCUT2D eigenvalue weighted by Gasteiger charge is 2.45. The molecule has 2 heterocycles. The Balaban J connectivity index is 2.02. The molecule has 0 N–H and O–H groups in total. The van der Waals surface area contributed by atoms with Crippen LogP contribution < -0.4 is 0 Å². The minimum Gasteiger partial charge on any atom is -0.381 e. The largest absolute Gasteiger partial charge is 0.381 e. The van der Waals surface area contributed by atoms with E-state index in [1.807, 2.05) is 4.90 Å². The molecule has 0 aliphatic carbocycles. The number of nitriles is 1. The van der Waals surface area contributed by atoms with Crippen LogP contribution in [0.15, 0.2) is 0 Å². The van der Waals surface area contributed by atoms with Gasteiger partial charge in [0.2, 0.25) is 5.91 Å². The number of ether oxygens (including phenoxy) is 1. The van der Waals surface area contributed by atoms with Gasteiger partial charge >= 0.3 is 0 Å². The molecule has 2 saturated heterocycles. The molecule has 5 heteroatoms. The molecule has 1 amide bonds. The predicted molar refractivity (Wildman–Crippen MR) is 76.0 cm³/mol. The van der Waals surface area contributed by atoms with Gasteiger partial charge in [0, 0.05) is 32.3 Å². The molecule has 1 unspecified atom stereocenters. The Morgan fingerprint density at radius 3 is 2.60 bits per heavy atom. The molecule has 2 rings (SSSR count). The maximum Gasteiger partial charge on any atom is 0.243 e. The fourth-order valence-electron chi connectivity index (χ4n) is 3.36. The van der Waals surface area contributed by atoms with Crippen LogP contribution in [0.3, 0.4) is 0 Å². The zero-order valence-corrected chi connectivity index (χ0v) is 12.6. The third kappa shape index (κ3) is 2.82. The van der Waals surface area contributed by atoms with Crippen LogP contribution in [0.1, 0.15) is 33.1 Å². The highest BCUT2D eigenvalue weighted by molar-refractivity contribution is 5.86. The Labute approximate surface area is 121 Å². The summed E-state index contributed by atoms with van der Waals surface area (Å²) in [6.45, 7) is 8.93. The van der Waals surface area contributed by atoms with Crippen molar-refractivity contribution in [1.82, 2.24) is 9.80 Å². The van der Waals surface area contributed by atoms with Crippen LogP contribution in [-0.4, -0.2) is 61.1 Å². The molecule has 2 aliphatic rings. The minimum absolute atomic E-state index is 0.0259. The van der Waals surface area contributed by atoms with Gasteiger partial charge in [0.15, 0.2) is 0 Å². The maximum atomic E-state index is 12.7. The summed E-state index contributed by atoms with van der Waals surface area (Å²) in [6.07, 6.45) is 2.09. The molecule has 5 nitrogen and oxygen atoms in total. The van der Waals surface area contributed by atoms with Crippen molar-refractivity contribution in [2.45, 2.75) is 39.2 Å². The van der Waals surface area contributed by atoms with Crippen molar-refractivity contribution in [3.8, 4) is 6.07 Å². The van der Waals surface area contributed by atoms with Crippen molar-refractivity contribution in [3.05, 3.63) is 0 Å². The van der Waals surface area contributed by atoms with Gasteiger partial charge in [-0.15, -0.1) is 0 Å². The van der Waals surface area contributed by atoms with Gasteiger partial charge in [0.1, 0.15) is 5.41 Å². The number of rotatable bonds is 4. The SMILES string of the molecule is CCN(CC)C1CCN(C(=O)C2(C#N)CCOCC2)C1. The fourth-order valence-corrected chi connectivity index (χ4v) is 3.36. The molecule has 2 aliphatic heterocycles. The van der Waals surface area contributed by atoms with Crippen LogP contribution in [-0.2, 0) is 9.53 Å². The van der Waals surface area contributed by atoms with E-state index in [1.165, 1.54) is 0 Å². The number of hydrogen-bond donors (Lipinski definition) is 0. The first-order chi connectivity index (χ1) is 9.66. The van der Waals surface area contributed by atoms with Gasteiger partial charge < -0.3 is 9.64 Å². The number of carbonyl (C=O) groups excluding carboxylic acids is 1. The summed E-state index contributed by atoms with van der Waals surface area (Å²) >= 11 is 0. The number of hydrogen-bond acceptors (Lipinski definition) is 4. The molecule has 1 atom stereocenters. The number of amides is 1. The molecule has 0 bridgehead atoms. The van der Waals surface area contributed by atoms with E-state index in [4.69, 9.17) is 4.74 Å². The first-order valence-electron chi connectivity index (χ1n) is 7.69. The second kappa shape index (κ2) is 6.55. The quantitative estimate of drug-likeness (QED) is 0.777. The van der Waals surface area contributed by atoms with Crippen molar-refractivity contribution in [2.24, 2.45) is 5.41 Å². The van der Waals surface area contributed by atoms with Crippen molar-refractivity contribution in [2.75, 3.05) is 39.4 Å². The zero-order chi connectivity index (χ0) is 14.6. The van der Waals surface area contributed by atoms with E-state index in [9.17, 15) is 10.1 Å². The molecule has 20 heavy (non-hydrogen) atoms. The van der Waals surface area contributed by atoms with Gasteiger partial charge in [-0.2, -0.15) is 5.26 Å². The van der Waals surface area contributed by atoms with E-state index >= 15 is 0 Å². The lowest BCUT2D eigenvalue weighted by Gasteiger charge is -2.33. The molecule has 0 aromatic heterocycles. The molecule has 0 radical (unpaired) electrons. The Hall–Kier alpha value is -1.12. The Kier molecular flexibility index (Phi) is 5.00. The van der Waals surface area contributed by atoms with Crippen molar-refractivity contribution < 1.29 is 9.53 Å². The average molecular weight is 279 g/mol. The lowest BCUT2D eigenvalue weighted by atomic mass is 9.80. The smallest absolute Gasteiger partial charge is 0.243 e. The molecule has 0 spiro atoms. The molecule has 2 fully saturated rings. The van der Waals surface area contributed by atoms with Gasteiger partial charge in [0.05, 0.1) is 6.07 Å². The van der Waals surface area contributed by atoms with E-state index < -0.39 is 5.41 Å². The van der Waals surface area contributed by atoms with Gasteiger partial charge in [-0.05, 0) is 32.4 Å². The number of likely N-dealkylation sites (N-methyl/N-ethyl adjacent to an activating group) is 1. The third-order valence-electron chi connectivity index (χ3n) is 4.75. The highest BCUT2D eigenvalue weighted by Crippen LogP contribution is 2.33. The van der Waals surface area contributed by atoms with E-state index in [0.29, 0.717) is 32.1 Å². The number of carbonyl (C=O) groups is 1. The Bertz CT molecular complexity index is 381. The number of nitrogens with zero attached hydrogens (tertiary/aromatic N) is 3. The summed E-state index contributed by atoms with van der Waals surface area (Å²) in [5, 5.41) is 9.48. The first kappa shape index (κ1) is 15.3. The minimum atomic E-state index is -0.837. The molecular weight excluding hydrogens is 254 g/mol. The van der Waals surface area contributed by atoms with E-state index in [0.717, 1.165) is 32.6 Å². The third-order valence-corrected chi connectivity index (χ3v) is 4.75. The lowest BCUT2D eigenvalue weighted by molar-refractivity contribution is -0.142. The van der Waals surface area contributed by atoms with Crippen LogP contribution in [0.4, 0.5) is 0 Å². The van der Waals surface area contributed by atoms with Gasteiger partial charge in [-0.25, -0.2) is 0 Å². The fraction of sp³-hybridized carbons (Fsp3) is 0.867. The highest BCUT2D eigenvalue weighted by atomic mass is 16.5. The summed E-state index contributed by atoms with van der Waals surface area (Å²) < 4.78 is 5.30. The topological polar surface area (TPSA) is 56.6 Å². The summed E-state index contributed by atoms with van der Waals surface area (Å²) in [7, 11) is 0. The lowest BCUT2D eigenvalue weighted by Crippen LogP contribution is -2.46. The maximum absolute atomic E-state index is 12.7. The summed E-state index contributed by atoms with van der Waals surface area (Å²) in [5.41, 5.74) is -0.837. The molecule has 0 saturated carbocycles. The normalized spacial score (nSPS) is 25.7. The van der Waals surface area contributed by atoms with Crippen molar-refractivity contribution in [1.29, 1.82) is 5.26 Å². The standard InChI is InChI=1S/C15H25N3O2/c1-3-17(4-2)13-5-8-18(11-13)14(19)15(12-16)6-9-20-10-7-15/h13H,3-11H2,1-2H3.